The number of nitrogens with one attached hydrogen (secondary N) is 1. The molecule has 1 aliphatic heterocycles. The number of nitriles is 1. The molecule has 2 atom stereocenters. The second-order valence-corrected chi connectivity index (χ2v) is 5.24. The number of benzene rings is 1. The van der Waals surface area contributed by atoms with Crippen LogP contribution < -0.4 is 5.32 Å². The zero-order valence-corrected chi connectivity index (χ0v) is 11.9. The Morgan fingerprint density at radius 3 is 2.70 bits per heavy atom. The third-order valence-electron chi connectivity index (χ3n) is 2.95. The topological polar surface area (TPSA) is 99.4 Å². The summed E-state index contributed by atoms with van der Waals surface area (Å²) in [5.74, 6) is -1.51. The van der Waals surface area contributed by atoms with E-state index in [0.29, 0.717) is 24.1 Å². The largest absolute Gasteiger partial charge is 0.479 e. The molecule has 0 aliphatic carbocycles. The molecular weight excluding hydrogens is 328 g/mol. The molecule has 1 aromatic rings. The minimum Gasteiger partial charge on any atom is -0.479 e. The van der Waals surface area contributed by atoms with Gasteiger partial charge in [-0.2, -0.15) is 5.26 Å². The highest BCUT2D eigenvalue weighted by Gasteiger charge is 2.34. The molecule has 2 N–H and O–H groups in total. The third-order valence-corrected chi connectivity index (χ3v) is 3.44. The van der Waals surface area contributed by atoms with Crippen molar-refractivity contribution in [1.29, 1.82) is 5.26 Å². The summed E-state index contributed by atoms with van der Waals surface area (Å²) in [7, 11) is 0. The average Bonchev–Trinajstić information content (AvgIpc) is 2.90. The highest BCUT2D eigenvalue weighted by molar-refractivity contribution is 9.10. The van der Waals surface area contributed by atoms with Gasteiger partial charge in [0.25, 0.3) is 5.91 Å². The van der Waals surface area contributed by atoms with Crippen molar-refractivity contribution in [2.24, 2.45) is 0 Å². The van der Waals surface area contributed by atoms with Crippen LogP contribution in [0.4, 0.5) is 5.69 Å². The summed E-state index contributed by atoms with van der Waals surface area (Å²) in [5.41, 5.74) is 0.698. The van der Waals surface area contributed by atoms with E-state index < -0.39 is 24.1 Å². The first kappa shape index (κ1) is 14.5. The first-order valence-electron chi connectivity index (χ1n) is 5.90. The van der Waals surface area contributed by atoms with Gasteiger partial charge in [-0.3, -0.25) is 4.79 Å². The van der Waals surface area contributed by atoms with Crippen molar-refractivity contribution in [3.63, 3.8) is 0 Å². The van der Waals surface area contributed by atoms with Crippen molar-refractivity contribution in [3.05, 3.63) is 28.2 Å². The first-order valence-corrected chi connectivity index (χ1v) is 6.69. The Balaban J connectivity index is 2.06. The Kier molecular flexibility index (Phi) is 4.37. The summed E-state index contributed by atoms with van der Waals surface area (Å²) in [5, 5.41) is 20.4. The van der Waals surface area contributed by atoms with E-state index in [2.05, 4.69) is 21.2 Å². The van der Waals surface area contributed by atoms with Gasteiger partial charge in [-0.15, -0.1) is 0 Å². The zero-order chi connectivity index (χ0) is 14.7. The first-order chi connectivity index (χ1) is 9.51. The minimum absolute atomic E-state index is 0.304. The number of carbonyl (C=O) groups excluding carboxylic acids is 1. The van der Waals surface area contributed by atoms with Crippen molar-refractivity contribution < 1.29 is 19.4 Å². The van der Waals surface area contributed by atoms with Crippen LogP contribution in [0, 0.1) is 11.3 Å². The standard InChI is InChI=1S/C13H11BrN2O4/c14-8-1-2-9(7(5-8)6-15)16-12(17)10-3-4-11(20-10)13(18)19/h1-2,5,10-11H,3-4H2,(H,16,17)(H,18,19). The number of ether oxygens (including phenoxy) is 1. The van der Waals surface area contributed by atoms with Crippen LogP contribution in [0.1, 0.15) is 18.4 Å². The number of hydrogen-bond donors (Lipinski definition) is 2. The Morgan fingerprint density at radius 2 is 2.10 bits per heavy atom. The van der Waals surface area contributed by atoms with Crippen molar-refractivity contribution in [2.45, 2.75) is 25.0 Å². The number of anilines is 1. The molecular formula is C13H11BrN2O4. The molecule has 1 aromatic carbocycles. The van der Waals surface area contributed by atoms with E-state index in [1.807, 2.05) is 6.07 Å². The van der Waals surface area contributed by atoms with Crippen LogP contribution in [0.25, 0.3) is 0 Å². The zero-order valence-electron chi connectivity index (χ0n) is 10.3. The van der Waals surface area contributed by atoms with Gasteiger partial charge in [0.15, 0.2) is 6.10 Å². The summed E-state index contributed by atoms with van der Waals surface area (Å²) in [6, 6.07) is 6.87. The van der Waals surface area contributed by atoms with Gasteiger partial charge in [-0.1, -0.05) is 15.9 Å². The molecule has 6 nitrogen and oxygen atoms in total. The maximum absolute atomic E-state index is 12.0. The number of carboxylic acid groups (broad SMARTS) is 1. The van der Waals surface area contributed by atoms with E-state index in [0.717, 1.165) is 4.47 Å². The lowest BCUT2D eigenvalue weighted by Crippen LogP contribution is -2.30. The molecule has 2 unspecified atom stereocenters. The van der Waals surface area contributed by atoms with Gasteiger partial charge < -0.3 is 15.2 Å². The summed E-state index contributed by atoms with van der Waals surface area (Å²) in [6.07, 6.45) is -1.09. The fourth-order valence-corrected chi connectivity index (χ4v) is 2.30. The molecule has 7 heteroatoms. The van der Waals surface area contributed by atoms with Gasteiger partial charge >= 0.3 is 5.97 Å². The number of rotatable bonds is 3. The lowest BCUT2D eigenvalue weighted by molar-refractivity contribution is -0.150. The van der Waals surface area contributed by atoms with Crippen LogP contribution in [0.15, 0.2) is 22.7 Å². The van der Waals surface area contributed by atoms with E-state index in [4.69, 9.17) is 15.1 Å². The highest BCUT2D eigenvalue weighted by atomic mass is 79.9. The number of carboxylic acids is 1. The lowest BCUT2D eigenvalue weighted by Gasteiger charge is -2.12. The SMILES string of the molecule is N#Cc1cc(Br)ccc1NC(=O)C1CCC(C(=O)O)O1. The molecule has 20 heavy (non-hydrogen) atoms. The van der Waals surface area contributed by atoms with E-state index in [1.54, 1.807) is 18.2 Å². The third kappa shape index (κ3) is 3.15. The Morgan fingerprint density at radius 1 is 1.40 bits per heavy atom. The number of carbonyl (C=O) groups is 2. The van der Waals surface area contributed by atoms with E-state index >= 15 is 0 Å². The molecule has 0 aromatic heterocycles. The van der Waals surface area contributed by atoms with E-state index in [9.17, 15) is 9.59 Å². The summed E-state index contributed by atoms with van der Waals surface area (Å²) >= 11 is 3.24. The maximum Gasteiger partial charge on any atom is 0.332 e. The molecule has 2 rings (SSSR count). The van der Waals surface area contributed by atoms with Crippen LogP contribution in [-0.4, -0.2) is 29.2 Å². The molecule has 1 fully saturated rings. The normalized spacial score (nSPS) is 21.2. The summed E-state index contributed by atoms with van der Waals surface area (Å²) in [6.45, 7) is 0. The smallest absolute Gasteiger partial charge is 0.332 e. The quantitative estimate of drug-likeness (QED) is 0.876. The van der Waals surface area contributed by atoms with Crippen LogP contribution in [-0.2, 0) is 14.3 Å². The van der Waals surface area contributed by atoms with Gasteiger partial charge in [0.05, 0.1) is 11.3 Å². The average molecular weight is 339 g/mol. The fraction of sp³-hybridized carbons (Fsp3) is 0.308. The Bertz CT molecular complexity index is 597. The van der Waals surface area contributed by atoms with Crippen molar-refractivity contribution in [1.82, 2.24) is 0 Å². The van der Waals surface area contributed by atoms with Gasteiger partial charge in [0, 0.05) is 4.47 Å². The van der Waals surface area contributed by atoms with Gasteiger partial charge in [-0.05, 0) is 31.0 Å². The van der Waals surface area contributed by atoms with Crippen LogP contribution in [0.2, 0.25) is 0 Å². The second-order valence-electron chi connectivity index (χ2n) is 4.32. The van der Waals surface area contributed by atoms with Crippen molar-refractivity contribution >= 4 is 33.5 Å². The summed E-state index contributed by atoms with van der Waals surface area (Å²) in [4.78, 5) is 22.7. The predicted octanol–water partition coefficient (Wildman–Crippen LogP) is 1.89. The molecule has 1 amide bonds. The number of halogens is 1. The molecule has 0 bridgehead atoms. The molecule has 1 heterocycles. The molecule has 0 radical (unpaired) electrons. The molecule has 1 aliphatic rings. The Labute approximate surface area is 123 Å². The van der Waals surface area contributed by atoms with E-state index in [-0.39, 0.29) is 0 Å². The van der Waals surface area contributed by atoms with Crippen LogP contribution >= 0.6 is 15.9 Å². The molecule has 104 valence electrons. The minimum atomic E-state index is -1.07. The lowest BCUT2D eigenvalue weighted by atomic mass is 10.1. The molecule has 0 saturated carbocycles. The van der Waals surface area contributed by atoms with Gasteiger partial charge in [-0.25, -0.2) is 4.79 Å². The monoisotopic (exact) mass is 338 g/mol. The van der Waals surface area contributed by atoms with Gasteiger partial charge in [0.1, 0.15) is 12.2 Å². The van der Waals surface area contributed by atoms with E-state index in [1.165, 1.54) is 0 Å². The summed E-state index contributed by atoms with van der Waals surface area (Å²) < 4.78 is 5.88. The van der Waals surface area contributed by atoms with Crippen molar-refractivity contribution in [3.8, 4) is 6.07 Å². The van der Waals surface area contributed by atoms with Crippen LogP contribution in [0.3, 0.4) is 0 Å². The number of aliphatic carboxylic acids is 1. The fourth-order valence-electron chi connectivity index (χ4n) is 1.94. The second kappa shape index (κ2) is 6.03. The Hall–Kier alpha value is -1.91. The molecule has 0 spiro atoms. The number of nitrogens with zero attached hydrogens (tertiary/aromatic N) is 1. The molecule has 1 saturated heterocycles. The highest BCUT2D eigenvalue weighted by Crippen LogP contribution is 2.24. The van der Waals surface area contributed by atoms with Crippen LogP contribution in [0.5, 0.6) is 0 Å². The van der Waals surface area contributed by atoms with Crippen molar-refractivity contribution in [2.75, 3.05) is 5.32 Å². The van der Waals surface area contributed by atoms with Gasteiger partial charge in [0.2, 0.25) is 0 Å². The maximum atomic E-state index is 12.0. The predicted molar refractivity (Wildman–Crippen MR) is 73.0 cm³/mol. The number of amides is 1. The number of hydrogen-bond acceptors (Lipinski definition) is 4.